The van der Waals surface area contributed by atoms with Crippen LogP contribution in [0.1, 0.15) is 168 Å². The number of epoxide rings is 1. The molecular weight excluding hydrogens is 576 g/mol. The third-order valence-corrected chi connectivity index (χ3v) is 8.90. The third kappa shape index (κ3) is 26.2. The lowest BCUT2D eigenvalue weighted by Gasteiger charge is -2.15. The van der Waals surface area contributed by atoms with Crippen molar-refractivity contribution in [2.75, 3.05) is 13.2 Å². The zero-order valence-electron chi connectivity index (χ0n) is 29.9. The molecule has 266 valence electrons. The molecule has 1 rings (SSSR count). The molecule has 0 aromatic heterocycles. The van der Waals surface area contributed by atoms with Gasteiger partial charge in [-0.25, -0.2) is 0 Å². The van der Waals surface area contributed by atoms with Gasteiger partial charge in [-0.2, -0.15) is 0 Å². The van der Waals surface area contributed by atoms with Gasteiger partial charge in [-0.1, -0.05) is 147 Å². The van der Waals surface area contributed by atoms with E-state index < -0.39 is 6.10 Å². The molecule has 1 heterocycles. The van der Waals surface area contributed by atoms with Gasteiger partial charge in [0.05, 0.1) is 18.8 Å². The fraction of sp³-hybridized carbons (Fsp3) is 0.800. The van der Waals surface area contributed by atoms with Crippen molar-refractivity contribution in [1.82, 2.24) is 0 Å². The number of aliphatic hydroxyl groups excluding tert-OH is 1. The number of rotatable bonds is 32. The first-order valence-corrected chi connectivity index (χ1v) is 19.1. The van der Waals surface area contributed by atoms with E-state index in [9.17, 15) is 14.7 Å². The van der Waals surface area contributed by atoms with Gasteiger partial charge >= 0.3 is 11.9 Å². The van der Waals surface area contributed by atoms with Crippen molar-refractivity contribution in [3.63, 3.8) is 0 Å². The maximum Gasteiger partial charge on any atom is 0.306 e. The van der Waals surface area contributed by atoms with E-state index >= 15 is 0 Å². The summed E-state index contributed by atoms with van der Waals surface area (Å²) in [5, 5.41) is 9.54. The van der Waals surface area contributed by atoms with Crippen molar-refractivity contribution in [1.29, 1.82) is 0 Å². The van der Waals surface area contributed by atoms with Crippen LogP contribution >= 0.6 is 0 Å². The Kier molecular flexibility index (Phi) is 27.8. The van der Waals surface area contributed by atoms with Crippen LogP contribution in [0, 0.1) is 5.92 Å². The highest BCUT2D eigenvalue weighted by Gasteiger charge is 2.36. The molecule has 1 aliphatic rings. The molecular formula is C40H70O6. The molecule has 6 heteroatoms. The summed E-state index contributed by atoms with van der Waals surface area (Å²) in [6.45, 7) is 6.41. The highest BCUT2D eigenvalue weighted by molar-refractivity contribution is 5.70. The van der Waals surface area contributed by atoms with E-state index in [1.54, 1.807) is 0 Å². The van der Waals surface area contributed by atoms with Crippen LogP contribution in [0.5, 0.6) is 0 Å². The van der Waals surface area contributed by atoms with Gasteiger partial charge in [0.25, 0.3) is 0 Å². The SMILES string of the molecule is CCCCCC1OC1C/C=C\C/C=C\C/C=C\CCCC(=O)OC[C@H](CO)OC(=O)CCCCCCCCCCCCC(C)CC. The highest BCUT2D eigenvalue weighted by atomic mass is 16.6. The van der Waals surface area contributed by atoms with E-state index in [-0.39, 0.29) is 25.2 Å². The van der Waals surface area contributed by atoms with Crippen LogP contribution in [-0.4, -0.2) is 48.6 Å². The van der Waals surface area contributed by atoms with Gasteiger partial charge in [-0.3, -0.25) is 9.59 Å². The van der Waals surface area contributed by atoms with Crippen LogP contribution in [0.3, 0.4) is 0 Å². The van der Waals surface area contributed by atoms with Crippen LogP contribution in [0.2, 0.25) is 0 Å². The van der Waals surface area contributed by atoms with Crippen molar-refractivity contribution < 1.29 is 28.9 Å². The van der Waals surface area contributed by atoms with Gasteiger partial charge < -0.3 is 19.3 Å². The summed E-state index contributed by atoms with van der Waals surface area (Å²) in [5.41, 5.74) is 0. The number of allylic oxidation sites excluding steroid dienone is 5. The first kappa shape index (κ1) is 42.1. The lowest BCUT2D eigenvalue weighted by atomic mass is 9.99. The summed E-state index contributed by atoms with van der Waals surface area (Å²) < 4.78 is 16.3. The van der Waals surface area contributed by atoms with Crippen LogP contribution < -0.4 is 0 Å². The lowest BCUT2D eigenvalue weighted by molar-refractivity contribution is -0.161. The van der Waals surface area contributed by atoms with E-state index in [2.05, 4.69) is 57.2 Å². The Morgan fingerprint density at radius 2 is 1.33 bits per heavy atom. The van der Waals surface area contributed by atoms with Crippen molar-refractivity contribution in [2.45, 2.75) is 187 Å². The summed E-state index contributed by atoms with van der Waals surface area (Å²) in [6.07, 6.45) is 38.0. The zero-order valence-corrected chi connectivity index (χ0v) is 29.9. The summed E-state index contributed by atoms with van der Waals surface area (Å²) in [7, 11) is 0. The average Bonchev–Trinajstić information content (AvgIpc) is 3.81. The number of esters is 2. The fourth-order valence-electron chi connectivity index (χ4n) is 5.50. The Bertz CT molecular complexity index is 819. The van der Waals surface area contributed by atoms with Gasteiger partial charge in [-0.05, 0) is 50.9 Å². The maximum absolute atomic E-state index is 12.1. The van der Waals surface area contributed by atoms with E-state index in [0.717, 1.165) is 50.9 Å². The van der Waals surface area contributed by atoms with Gasteiger partial charge in [-0.15, -0.1) is 0 Å². The minimum absolute atomic E-state index is 0.0962. The Morgan fingerprint density at radius 3 is 1.98 bits per heavy atom. The Hall–Kier alpha value is -1.92. The minimum Gasteiger partial charge on any atom is -0.462 e. The molecule has 0 radical (unpaired) electrons. The molecule has 1 saturated heterocycles. The Balaban J connectivity index is 1.93. The van der Waals surface area contributed by atoms with Gasteiger partial charge in [0.15, 0.2) is 6.10 Å². The standard InChI is InChI=1S/C40H70O6/c1-4-6-23-29-37-38(46-37)30-25-20-16-12-8-10-13-17-21-26-31-39(42)44-34-36(33-41)45-40(43)32-27-22-18-14-9-7-11-15-19-24-28-35(3)5-2/h8,12-13,17,20,25,35-38,41H,4-7,9-11,14-16,18-19,21-24,26-34H2,1-3H3/b12-8-,17-13-,25-20-/t35?,36-,37?,38?/m0/s1. The Morgan fingerprint density at radius 1 is 0.717 bits per heavy atom. The number of carbonyl (C=O) groups excluding carboxylic acids is 2. The first-order chi connectivity index (χ1) is 22.5. The van der Waals surface area contributed by atoms with Crippen molar-refractivity contribution in [3.8, 4) is 0 Å². The van der Waals surface area contributed by atoms with Crippen LogP contribution in [-0.2, 0) is 23.8 Å². The van der Waals surface area contributed by atoms with E-state index in [4.69, 9.17) is 14.2 Å². The van der Waals surface area contributed by atoms with Crippen molar-refractivity contribution in [3.05, 3.63) is 36.5 Å². The monoisotopic (exact) mass is 647 g/mol. The lowest BCUT2D eigenvalue weighted by Crippen LogP contribution is -2.28. The minimum atomic E-state index is -0.794. The second-order valence-corrected chi connectivity index (χ2v) is 13.3. The molecule has 0 saturated carbocycles. The second kappa shape index (κ2) is 30.4. The zero-order chi connectivity index (χ0) is 33.5. The number of carbonyl (C=O) groups is 2. The van der Waals surface area contributed by atoms with Crippen molar-refractivity contribution in [2.24, 2.45) is 5.92 Å². The number of hydrogen-bond donors (Lipinski definition) is 1. The van der Waals surface area contributed by atoms with Gasteiger partial charge in [0.1, 0.15) is 6.61 Å². The molecule has 1 aliphatic heterocycles. The molecule has 3 unspecified atom stereocenters. The summed E-state index contributed by atoms with van der Waals surface area (Å²) in [5.74, 6) is 0.211. The predicted octanol–water partition coefficient (Wildman–Crippen LogP) is 10.5. The molecule has 0 bridgehead atoms. The summed E-state index contributed by atoms with van der Waals surface area (Å²) >= 11 is 0. The van der Waals surface area contributed by atoms with Crippen molar-refractivity contribution >= 4 is 11.9 Å². The third-order valence-electron chi connectivity index (χ3n) is 8.90. The quantitative estimate of drug-likeness (QED) is 0.0339. The van der Waals surface area contributed by atoms with Crippen LogP contribution in [0.15, 0.2) is 36.5 Å². The predicted molar refractivity (Wildman–Crippen MR) is 191 cm³/mol. The van der Waals surface area contributed by atoms with Crippen LogP contribution in [0.25, 0.3) is 0 Å². The molecule has 4 atom stereocenters. The normalized spacial score (nSPS) is 17.7. The molecule has 1 fully saturated rings. The van der Waals surface area contributed by atoms with Crippen LogP contribution in [0.4, 0.5) is 0 Å². The van der Waals surface area contributed by atoms with E-state index in [1.165, 1.54) is 83.5 Å². The number of ether oxygens (including phenoxy) is 3. The summed E-state index contributed by atoms with van der Waals surface area (Å²) in [6, 6.07) is 0. The molecule has 0 amide bonds. The number of aliphatic hydroxyl groups is 1. The highest BCUT2D eigenvalue weighted by Crippen LogP contribution is 2.30. The molecule has 6 nitrogen and oxygen atoms in total. The number of unbranched alkanes of at least 4 members (excludes halogenated alkanes) is 12. The van der Waals surface area contributed by atoms with Gasteiger partial charge in [0.2, 0.25) is 0 Å². The Labute approximate surface area is 282 Å². The molecule has 0 spiro atoms. The smallest absolute Gasteiger partial charge is 0.306 e. The molecule has 46 heavy (non-hydrogen) atoms. The molecule has 0 aromatic carbocycles. The largest absolute Gasteiger partial charge is 0.462 e. The fourth-order valence-corrected chi connectivity index (χ4v) is 5.50. The van der Waals surface area contributed by atoms with Gasteiger partial charge in [0, 0.05) is 12.8 Å². The topological polar surface area (TPSA) is 85.4 Å². The average molecular weight is 647 g/mol. The molecule has 0 aliphatic carbocycles. The maximum atomic E-state index is 12.1. The summed E-state index contributed by atoms with van der Waals surface area (Å²) in [4.78, 5) is 24.2. The van der Waals surface area contributed by atoms with E-state index in [1.807, 2.05) is 0 Å². The second-order valence-electron chi connectivity index (χ2n) is 13.3. The number of hydrogen-bond acceptors (Lipinski definition) is 6. The van der Waals surface area contributed by atoms with E-state index in [0.29, 0.717) is 31.5 Å². The molecule has 1 N–H and O–H groups in total. The molecule has 0 aromatic rings. The first-order valence-electron chi connectivity index (χ1n) is 19.1.